The molecule has 1 aromatic heterocycles. The molecule has 7 nitrogen and oxygen atoms in total. The third-order valence-electron chi connectivity index (χ3n) is 4.57. The van der Waals surface area contributed by atoms with Crippen molar-refractivity contribution in [1.29, 1.82) is 0 Å². The lowest BCUT2D eigenvalue weighted by atomic mass is 10.1. The highest BCUT2D eigenvalue weighted by Crippen LogP contribution is 2.32. The standard InChI is InChI=1S/C18H14ClFN4O3S/c19-14-9-11(20)1-3-13(14)17(25)22-5-7-23(8-6-22)18-21-15-4-2-12(24(26)27)10-16(15)28-18/h1-4,9-10H,5-8H2. The highest BCUT2D eigenvalue weighted by atomic mass is 35.5. The third kappa shape index (κ3) is 3.50. The van der Waals surface area contributed by atoms with Crippen LogP contribution >= 0.6 is 22.9 Å². The molecule has 1 amide bonds. The van der Waals surface area contributed by atoms with Gasteiger partial charge in [0, 0.05) is 38.3 Å². The Morgan fingerprint density at radius 1 is 1.18 bits per heavy atom. The lowest BCUT2D eigenvalue weighted by Crippen LogP contribution is -2.48. The van der Waals surface area contributed by atoms with Crippen LogP contribution in [-0.2, 0) is 0 Å². The number of anilines is 1. The van der Waals surface area contributed by atoms with E-state index >= 15 is 0 Å². The van der Waals surface area contributed by atoms with Gasteiger partial charge in [-0.3, -0.25) is 14.9 Å². The average Bonchev–Trinajstić information content (AvgIpc) is 3.11. The van der Waals surface area contributed by atoms with Crippen LogP contribution in [0.25, 0.3) is 10.2 Å². The Balaban J connectivity index is 1.47. The highest BCUT2D eigenvalue weighted by Gasteiger charge is 2.25. The summed E-state index contributed by atoms with van der Waals surface area (Å²) in [7, 11) is 0. The number of hydrogen-bond donors (Lipinski definition) is 0. The lowest BCUT2D eigenvalue weighted by Gasteiger charge is -2.34. The van der Waals surface area contributed by atoms with E-state index in [1.165, 1.54) is 35.6 Å². The van der Waals surface area contributed by atoms with Crippen LogP contribution in [0.4, 0.5) is 15.2 Å². The number of fused-ring (bicyclic) bond motifs is 1. The maximum atomic E-state index is 13.2. The van der Waals surface area contributed by atoms with Crippen molar-refractivity contribution >= 4 is 49.9 Å². The fourth-order valence-corrected chi connectivity index (χ4v) is 4.38. The number of carbonyl (C=O) groups is 1. The molecule has 4 rings (SSSR count). The van der Waals surface area contributed by atoms with Crippen LogP contribution in [0.3, 0.4) is 0 Å². The second-order valence-corrected chi connectivity index (χ2v) is 7.73. The first-order valence-electron chi connectivity index (χ1n) is 8.46. The number of benzene rings is 2. The maximum Gasteiger partial charge on any atom is 0.270 e. The van der Waals surface area contributed by atoms with Gasteiger partial charge in [-0.25, -0.2) is 9.37 Å². The van der Waals surface area contributed by atoms with Crippen molar-refractivity contribution in [3.63, 3.8) is 0 Å². The minimum Gasteiger partial charge on any atom is -0.345 e. The zero-order valence-corrected chi connectivity index (χ0v) is 16.0. The van der Waals surface area contributed by atoms with Gasteiger partial charge < -0.3 is 9.80 Å². The van der Waals surface area contributed by atoms with E-state index in [9.17, 15) is 19.3 Å². The smallest absolute Gasteiger partial charge is 0.270 e. The molecule has 10 heteroatoms. The van der Waals surface area contributed by atoms with Crippen molar-refractivity contribution in [2.45, 2.75) is 0 Å². The van der Waals surface area contributed by atoms with Gasteiger partial charge in [-0.2, -0.15) is 0 Å². The molecule has 0 radical (unpaired) electrons. The molecular formula is C18H14ClFN4O3S. The third-order valence-corrected chi connectivity index (χ3v) is 5.96. The Kier molecular flexibility index (Phi) is 4.86. The second-order valence-electron chi connectivity index (χ2n) is 6.31. The molecular weight excluding hydrogens is 407 g/mol. The van der Waals surface area contributed by atoms with Gasteiger partial charge in [-0.1, -0.05) is 22.9 Å². The molecule has 2 aromatic carbocycles. The average molecular weight is 421 g/mol. The summed E-state index contributed by atoms with van der Waals surface area (Å²) in [6.07, 6.45) is 0. The molecule has 0 spiro atoms. The molecule has 0 atom stereocenters. The molecule has 0 aliphatic carbocycles. The molecule has 3 aromatic rings. The van der Waals surface area contributed by atoms with Gasteiger partial charge >= 0.3 is 0 Å². The normalized spacial score (nSPS) is 14.5. The molecule has 144 valence electrons. The SMILES string of the molecule is O=C(c1ccc(F)cc1Cl)N1CCN(c2nc3ccc([N+](=O)[O-])cc3s2)CC1. The Bertz CT molecular complexity index is 1080. The zero-order valence-electron chi connectivity index (χ0n) is 14.5. The summed E-state index contributed by atoms with van der Waals surface area (Å²) in [4.78, 5) is 31.4. The highest BCUT2D eigenvalue weighted by molar-refractivity contribution is 7.22. The summed E-state index contributed by atoms with van der Waals surface area (Å²) in [5.74, 6) is -0.716. The van der Waals surface area contributed by atoms with Crippen molar-refractivity contribution in [1.82, 2.24) is 9.88 Å². The first-order chi connectivity index (χ1) is 13.4. The van der Waals surface area contributed by atoms with Gasteiger partial charge in [0.05, 0.1) is 25.7 Å². The van der Waals surface area contributed by atoms with Crippen LogP contribution < -0.4 is 4.90 Å². The molecule has 0 saturated carbocycles. The van der Waals surface area contributed by atoms with Crippen molar-refractivity contribution in [3.05, 3.63) is 62.9 Å². The number of non-ortho nitro benzene ring substituents is 1. The predicted octanol–water partition coefficient (Wildman–Crippen LogP) is 3.96. The van der Waals surface area contributed by atoms with Crippen LogP contribution in [0.2, 0.25) is 5.02 Å². The summed E-state index contributed by atoms with van der Waals surface area (Å²) in [6, 6.07) is 8.35. The minimum absolute atomic E-state index is 0.0364. The van der Waals surface area contributed by atoms with Crippen molar-refractivity contribution < 1.29 is 14.1 Å². The molecule has 0 N–H and O–H groups in total. The van der Waals surface area contributed by atoms with Gasteiger partial charge in [-0.05, 0) is 24.3 Å². The Morgan fingerprint density at radius 3 is 2.61 bits per heavy atom. The van der Waals surface area contributed by atoms with E-state index in [1.807, 2.05) is 4.90 Å². The first-order valence-corrected chi connectivity index (χ1v) is 9.66. The minimum atomic E-state index is -0.484. The number of halogens is 2. The van der Waals surface area contributed by atoms with E-state index in [0.717, 1.165) is 15.9 Å². The van der Waals surface area contributed by atoms with E-state index < -0.39 is 10.7 Å². The number of hydrogen-bond acceptors (Lipinski definition) is 6. The Morgan fingerprint density at radius 2 is 1.93 bits per heavy atom. The molecule has 28 heavy (non-hydrogen) atoms. The predicted molar refractivity (Wildman–Crippen MR) is 106 cm³/mol. The summed E-state index contributed by atoms with van der Waals surface area (Å²) < 4.78 is 13.9. The number of piperazine rings is 1. The van der Waals surface area contributed by atoms with E-state index in [4.69, 9.17) is 11.6 Å². The van der Waals surface area contributed by atoms with E-state index in [2.05, 4.69) is 4.98 Å². The monoisotopic (exact) mass is 420 g/mol. The number of nitro groups is 1. The number of nitro benzene ring substituents is 1. The van der Waals surface area contributed by atoms with Crippen LogP contribution in [0, 0.1) is 15.9 Å². The van der Waals surface area contributed by atoms with Crippen LogP contribution in [0.5, 0.6) is 0 Å². The largest absolute Gasteiger partial charge is 0.345 e. The van der Waals surface area contributed by atoms with Gasteiger partial charge in [0.2, 0.25) is 0 Å². The van der Waals surface area contributed by atoms with Gasteiger partial charge in [-0.15, -0.1) is 0 Å². The number of aromatic nitrogens is 1. The van der Waals surface area contributed by atoms with Crippen LogP contribution in [0.1, 0.15) is 10.4 Å². The fourth-order valence-electron chi connectivity index (χ4n) is 3.08. The fraction of sp³-hybridized carbons (Fsp3) is 0.222. The summed E-state index contributed by atoms with van der Waals surface area (Å²) in [6.45, 7) is 2.10. The van der Waals surface area contributed by atoms with E-state index in [-0.39, 0.29) is 22.2 Å². The topological polar surface area (TPSA) is 79.6 Å². The Labute approximate surface area is 168 Å². The molecule has 1 aliphatic rings. The van der Waals surface area contributed by atoms with Crippen LogP contribution in [-0.4, -0.2) is 46.9 Å². The van der Waals surface area contributed by atoms with E-state index in [1.54, 1.807) is 11.0 Å². The van der Waals surface area contributed by atoms with Crippen molar-refractivity contribution in [2.24, 2.45) is 0 Å². The van der Waals surface area contributed by atoms with E-state index in [0.29, 0.717) is 31.7 Å². The van der Waals surface area contributed by atoms with Crippen LogP contribution in [0.15, 0.2) is 36.4 Å². The Hall–Kier alpha value is -2.78. The molecule has 0 bridgehead atoms. The number of thiazole rings is 1. The van der Waals surface area contributed by atoms with Crippen molar-refractivity contribution in [2.75, 3.05) is 31.1 Å². The molecule has 0 unspecified atom stereocenters. The number of carbonyl (C=O) groups excluding carboxylic acids is 1. The number of nitrogens with zero attached hydrogens (tertiary/aromatic N) is 4. The molecule has 1 fully saturated rings. The first kappa shape index (κ1) is 18.6. The van der Waals surface area contributed by atoms with Gasteiger partial charge in [0.25, 0.3) is 11.6 Å². The number of amides is 1. The summed E-state index contributed by atoms with van der Waals surface area (Å²) in [5.41, 5.74) is 1.03. The second kappa shape index (κ2) is 7.33. The zero-order chi connectivity index (χ0) is 19.8. The quantitative estimate of drug-likeness (QED) is 0.473. The molecule has 2 heterocycles. The maximum absolute atomic E-state index is 13.2. The molecule has 1 saturated heterocycles. The van der Waals surface area contributed by atoms with Crippen molar-refractivity contribution in [3.8, 4) is 0 Å². The lowest BCUT2D eigenvalue weighted by molar-refractivity contribution is -0.384. The molecule has 1 aliphatic heterocycles. The summed E-state index contributed by atoms with van der Waals surface area (Å²) >= 11 is 7.38. The number of rotatable bonds is 3. The van der Waals surface area contributed by atoms with Gasteiger partial charge in [0.1, 0.15) is 5.82 Å². The summed E-state index contributed by atoms with van der Waals surface area (Å²) in [5, 5.41) is 11.8. The van der Waals surface area contributed by atoms with Gasteiger partial charge in [0.15, 0.2) is 5.13 Å².